The van der Waals surface area contributed by atoms with E-state index in [4.69, 9.17) is 26.8 Å². The number of aliphatic carboxylic acids is 1. The third kappa shape index (κ3) is 5.41. The number of amides is 2. The van der Waals surface area contributed by atoms with Crippen LogP contribution in [0.25, 0.3) is 6.08 Å². The number of ether oxygens (including phenoxy) is 2. The molecule has 31 heavy (non-hydrogen) atoms. The molecule has 1 aliphatic heterocycles. The average Bonchev–Trinajstić information content (AvgIpc) is 3.01. The Hall–Kier alpha value is -3.37. The van der Waals surface area contributed by atoms with Crippen LogP contribution < -0.4 is 14.9 Å². The van der Waals surface area contributed by atoms with E-state index in [2.05, 4.69) is 5.43 Å². The molecular weight excluding hydrogens is 440 g/mol. The van der Waals surface area contributed by atoms with Crippen LogP contribution in [0.4, 0.5) is 0 Å². The Morgan fingerprint density at radius 2 is 1.90 bits per heavy atom. The fraction of sp³-hybridized carbons (Fsp3) is 0.143. The summed E-state index contributed by atoms with van der Waals surface area (Å²) in [5.41, 5.74) is 3.34. The first-order valence-electron chi connectivity index (χ1n) is 9.15. The van der Waals surface area contributed by atoms with Gasteiger partial charge in [-0.15, -0.1) is 0 Å². The Bertz CT molecular complexity index is 1060. The van der Waals surface area contributed by atoms with E-state index in [1.807, 2.05) is 0 Å². The van der Waals surface area contributed by atoms with Crippen molar-refractivity contribution >= 4 is 52.2 Å². The van der Waals surface area contributed by atoms with Crippen molar-refractivity contribution in [3.63, 3.8) is 0 Å². The Balaban J connectivity index is 1.86. The van der Waals surface area contributed by atoms with E-state index < -0.39 is 24.4 Å². The zero-order valence-electron chi connectivity index (χ0n) is 16.4. The molecule has 1 saturated heterocycles. The van der Waals surface area contributed by atoms with Gasteiger partial charge in [-0.3, -0.25) is 15.0 Å². The fourth-order valence-corrected chi connectivity index (χ4v) is 3.84. The van der Waals surface area contributed by atoms with Gasteiger partial charge in [0.15, 0.2) is 22.4 Å². The standard InChI is InChI=1S/C21H18N2O6S2/c1-2-28-15-10-6-9-14(18(15)29-12-17(24)25)11-16-20(27)23(21(30)31-16)22-19(26)13-7-4-3-5-8-13/h3-11H,2,12H2,1H3,(H,22,26)(H,24,25)/b16-11-. The van der Waals surface area contributed by atoms with E-state index in [1.165, 1.54) is 6.08 Å². The molecule has 8 nitrogen and oxygen atoms in total. The van der Waals surface area contributed by atoms with Crippen molar-refractivity contribution < 1.29 is 29.0 Å². The third-order valence-corrected chi connectivity index (χ3v) is 5.28. The van der Waals surface area contributed by atoms with Crippen molar-refractivity contribution in [3.05, 3.63) is 64.6 Å². The molecule has 0 aliphatic carbocycles. The van der Waals surface area contributed by atoms with Crippen molar-refractivity contribution in [1.29, 1.82) is 0 Å². The predicted molar refractivity (Wildman–Crippen MR) is 120 cm³/mol. The minimum absolute atomic E-state index is 0.162. The number of hydrogen-bond donors (Lipinski definition) is 2. The van der Waals surface area contributed by atoms with Crippen LogP contribution in [-0.2, 0) is 9.59 Å². The predicted octanol–water partition coefficient (Wildman–Crippen LogP) is 3.09. The molecule has 160 valence electrons. The van der Waals surface area contributed by atoms with Gasteiger partial charge in [0, 0.05) is 11.1 Å². The van der Waals surface area contributed by atoms with E-state index in [0.29, 0.717) is 23.5 Å². The Labute approximate surface area is 187 Å². The van der Waals surface area contributed by atoms with Crippen LogP contribution in [-0.4, -0.2) is 45.4 Å². The number of hydrazine groups is 1. The highest BCUT2D eigenvalue weighted by molar-refractivity contribution is 8.26. The molecule has 1 heterocycles. The molecule has 0 bridgehead atoms. The maximum absolute atomic E-state index is 12.8. The molecule has 0 radical (unpaired) electrons. The van der Waals surface area contributed by atoms with Gasteiger partial charge >= 0.3 is 5.97 Å². The smallest absolute Gasteiger partial charge is 0.341 e. The Kier molecular flexibility index (Phi) is 7.27. The van der Waals surface area contributed by atoms with Crippen LogP contribution in [0.2, 0.25) is 0 Å². The average molecular weight is 459 g/mol. The normalized spacial score (nSPS) is 14.6. The van der Waals surface area contributed by atoms with Gasteiger partial charge in [-0.1, -0.05) is 42.1 Å². The summed E-state index contributed by atoms with van der Waals surface area (Å²) in [6.45, 7) is 1.56. The maximum atomic E-state index is 12.8. The number of nitrogens with one attached hydrogen (secondary N) is 1. The molecule has 3 rings (SSSR count). The highest BCUT2D eigenvalue weighted by Gasteiger charge is 2.34. The zero-order chi connectivity index (χ0) is 22.4. The van der Waals surface area contributed by atoms with Crippen molar-refractivity contribution in [2.75, 3.05) is 13.2 Å². The number of para-hydroxylation sites is 1. The number of thiocarbonyl (C=S) groups is 1. The first-order valence-corrected chi connectivity index (χ1v) is 10.4. The summed E-state index contributed by atoms with van der Waals surface area (Å²) in [5.74, 6) is -1.57. The van der Waals surface area contributed by atoms with Gasteiger partial charge in [-0.05, 0) is 43.4 Å². The lowest BCUT2D eigenvalue weighted by atomic mass is 10.1. The summed E-state index contributed by atoms with van der Waals surface area (Å²) in [5, 5.41) is 9.96. The highest BCUT2D eigenvalue weighted by atomic mass is 32.2. The van der Waals surface area contributed by atoms with Crippen LogP contribution in [0.5, 0.6) is 11.5 Å². The first kappa shape index (κ1) is 22.3. The van der Waals surface area contributed by atoms with Crippen LogP contribution in [0.3, 0.4) is 0 Å². The molecule has 2 amide bonds. The van der Waals surface area contributed by atoms with E-state index in [-0.39, 0.29) is 15.0 Å². The molecule has 0 unspecified atom stereocenters. The van der Waals surface area contributed by atoms with Crippen LogP contribution in [0.1, 0.15) is 22.8 Å². The molecular formula is C21H18N2O6S2. The molecule has 2 aromatic carbocycles. The number of benzene rings is 2. The summed E-state index contributed by atoms with van der Waals surface area (Å²) in [6, 6.07) is 13.4. The number of thioether (sulfide) groups is 1. The molecule has 0 aromatic heterocycles. The first-order chi connectivity index (χ1) is 14.9. The van der Waals surface area contributed by atoms with Gasteiger partial charge in [0.05, 0.1) is 11.5 Å². The minimum atomic E-state index is -1.15. The second kappa shape index (κ2) is 10.1. The molecule has 2 aromatic rings. The number of carboxylic acid groups (broad SMARTS) is 1. The largest absolute Gasteiger partial charge is 0.490 e. The lowest BCUT2D eigenvalue weighted by Crippen LogP contribution is -2.44. The number of nitrogens with zero attached hydrogens (tertiary/aromatic N) is 1. The van der Waals surface area contributed by atoms with E-state index in [1.54, 1.807) is 55.5 Å². The van der Waals surface area contributed by atoms with Crippen molar-refractivity contribution in [2.24, 2.45) is 0 Å². The Morgan fingerprint density at radius 1 is 1.16 bits per heavy atom. The molecule has 0 saturated carbocycles. The van der Waals surface area contributed by atoms with Crippen LogP contribution >= 0.6 is 24.0 Å². The molecule has 0 spiro atoms. The van der Waals surface area contributed by atoms with E-state index in [9.17, 15) is 14.4 Å². The minimum Gasteiger partial charge on any atom is -0.490 e. The maximum Gasteiger partial charge on any atom is 0.341 e. The molecule has 10 heteroatoms. The number of carbonyl (C=O) groups excluding carboxylic acids is 2. The SMILES string of the molecule is CCOc1cccc(/C=C2\SC(=S)N(NC(=O)c3ccccc3)C2=O)c1OCC(=O)O. The van der Waals surface area contributed by atoms with Gasteiger partial charge in [-0.25, -0.2) is 4.79 Å². The monoisotopic (exact) mass is 458 g/mol. The third-order valence-electron chi connectivity index (χ3n) is 3.98. The fourth-order valence-electron chi connectivity index (χ4n) is 2.66. The lowest BCUT2D eigenvalue weighted by Gasteiger charge is -2.15. The molecule has 2 N–H and O–H groups in total. The van der Waals surface area contributed by atoms with Crippen LogP contribution in [0.15, 0.2) is 53.4 Å². The summed E-state index contributed by atoms with van der Waals surface area (Å²) >= 11 is 6.25. The number of rotatable bonds is 8. The lowest BCUT2D eigenvalue weighted by molar-refractivity contribution is -0.139. The number of hydrogen-bond acceptors (Lipinski definition) is 7. The molecule has 0 atom stereocenters. The van der Waals surface area contributed by atoms with Gasteiger partial charge in [0.25, 0.3) is 11.8 Å². The zero-order valence-corrected chi connectivity index (χ0v) is 18.0. The van der Waals surface area contributed by atoms with Gasteiger partial charge in [0.1, 0.15) is 0 Å². The second-order valence-corrected chi connectivity index (χ2v) is 7.79. The second-order valence-electron chi connectivity index (χ2n) is 6.11. The van der Waals surface area contributed by atoms with Crippen LogP contribution in [0, 0.1) is 0 Å². The quantitative estimate of drug-likeness (QED) is 0.459. The summed E-state index contributed by atoms with van der Waals surface area (Å²) in [6.07, 6.45) is 1.52. The summed E-state index contributed by atoms with van der Waals surface area (Å²) < 4.78 is 11.1. The van der Waals surface area contributed by atoms with Crippen molar-refractivity contribution in [3.8, 4) is 11.5 Å². The van der Waals surface area contributed by atoms with Gasteiger partial charge < -0.3 is 14.6 Å². The van der Waals surface area contributed by atoms with E-state index in [0.717, 1.165) is 16.8 Å². The number of carbonyl (C=O) groups is 3. The van der Waals surface area contributed by atoms with Gasteiger partial charge in [0.2, 0.25) is 0 Å². The molecule has 1 fully saturated rings. The van der Waals surface area contributed by atoms with Crippen molar-refractivity contribution in [2.45, 2.75) is 6.92 Å². The van der Waals surface area contributed by atoms with E-state index >= 15 is 0 Å². The summed E-state index contributed by atoms with van der Waals surface area (Å²) in [4.78, 5) is 36.4. The molecule has 1 aliphatic rings. The highest BCUT2D eigenvalue weighted by Crippen LogP contribution is 2.37. The number of carboxylic acids is 1. The van der Waals surface area contributed by atoms with Crippen molar-refractivity contribution in [1.82, 2.24) is 10.4 Å². The topological polar surface area (TPSA) is 105 Å². The Morgan fingerprint density at radius 3 is 2.58 bits per heavy atom. The van der Waals surface area contributed by atoms with Gasteiger partial charge in [-0.2, -0.15) is 5.01 Å². The summed E-state index contributed by atoms with van der Waals surface area (Å²) in [7, 11) is 0.